The molecular formula is C15H24N2O2. The molecule has 0 bridgehead atoms. The van der Waals surface area contributed by atoms with Crippen molar-refractivity contribution >= 4 is 5.69 Å². The van der Waals surface area contributed by atoms with E-state index in [4.69, 9.17) is 0 Å². The number of hydrogen-bond donors (Lipinski definition) is 1. The van der Waals surface area contributed by atoms with Crippen molar-refractivity contribution in [3.63, 3.8) is 0 Å². The van der Waals surface area contributed by atoms with Crippen molar-refractivity contribution in [1.29, 1.82) is 0 Å². The van der Waals surface area contributed by atoms with Crippen LogP contribution in [-0.4, -0.2) is 17.5 Å². The average molecular weight is 264 g/mol. The van der Waals surface area contributed by atoms with Gasteiger partial charge in [-0.1, -0.05) is 45.4 Å². The van der Waals surface area contributed by atoms with E-state index in [0.29, 0.717) is 12.0 Å². The van der Waals surface area contributed by atoms with Crippen LogP contribution in [0, 0.1) is 16.0 Å². The molecule has 1 aromatic carbocycles. The standard InChI is InChI=1S/C15H24N2O2/c1-4-12(3)10-14(16-5-2)11-13-8-6-7-9-15(13)17(18)19/h6-9,12,14,16H,4-5,10-11H2,1-3H3. The minimum absolute atomic E-state index is 0.231. The van der Waals surface area contributed by atoms with Gasteiger partial charge in [0.25, 0.3) is 5.69 Å². The van der Waals surface area contributed by atoms with E-state index >= 15 is 0 Å². The van der Waals surface area contributed by atoms with Crippen LogP contribution >= 0.6 is 0 Å². The van der Waals surface area contributed by atoms with Gasteiger partial charge in [-0.15, -0.1) is 0 Å². The fourth-order valence-corrected chi connectivity index (χ4v) is 2.31. The number of nitrogens with one attached hydrogen (secondary N) is 1. The molecule has 4 heteroatoms. The highest BCUT2D eigenvalue weighted by Crippen LogP contribution is 2.21. The van der Waals surface area contributed by atoms with Crippen LogP contribution in [0.15, 0.2) is 24.3 Å². The lowest BCUT2D eigenvalue weighted by Crippen LogP contribution is -2.32. The lowest BCUT2D eigenvalue weighted by molar-refractivity contribution is -0.385. The van der Waals surface area contributed by atoms with Crippen molar-refractivity contribution in [3.05, 3.63) is 39.9 Å². The summed E-state index contributed by atoms with van der Waals surface area (Å²) in [5.74, 6) is 0.631. The number of rotatable bonds is 8. The Bertz CT molecular complexity index is 407. The summed E-state index contributed by atoms with van der Waals surface area (Å²) in [4.78, 5) is 10.7. The Labute approximate surface area is 115 Å². The Morgan fingerprint density at radius 1 is 1.32 bits per heavy atom. The van der Waals surface area contributed by atoms with Gasteiger partial charge in [-0.05, 0) is 25.3 Å². The minimum atomic E-state index is -0.290. The lowest BCUT2D eigenvalue weighted by Gasteiger charge is -2.21. The highest BCUT2D eigenvalue weighted by molar-refractivity contribution is 5.40. The zero-order chi connectivity index (χ0) is 14.3. The molecule has 1 aromatic rings. The summed E-state index contributed by atoms with van der Waals surface area (Å²) >= 11 is 0. The van der Waals surface area contributed by atoms with Gasteiger partial charge in [0.1, 0.15) is 0 Å². The third-order valence-corrected chi connectivity index (χ3v) is 3.53. The van der Waals surface area contributed by atoms with Crippen molar-refractivity contribution < 1.29 is 4.92 Å². The fourth-order valence-electron chi connectivity index (χ4n) is 2.31. The Kier molecular flexibility index (Phi) is 6.50. The van der Waals surface area contributed by atoms with Gasteiger partial charge < -0.3 is 5.32 Å². The maximum atomic E-state index is 11.0. The molecule has 0 spiro atoms. The molecule has 1 rings (SSSR count). The monoisotopic (exact) mass is 264 g/mol. The van der Waals surface area contributed by atoms with E-state index in [-0.39, 0.29) is 10.6 Å². The smallest absolute Gasteiger partial charge is 0.272 e. The second-order valence-corrected chi connectivity index (χ2v) is 5.09. The second kappa shape index (κ2) is 7.89. The topological polar surface area (TPSA) is 55.2 Å². The summed E-state index contributed by atoms with van der Waals surface area (Å²) in [6, 6.07) is 7.34. The Balaban J connectivity index is 2.81. The molecule has 2 atom stereocenters. The number of para-hydroxylation sites is 1. The maximum absolute atomic E-state index is 11.0. The van der Waals surface area contributed by atoms with E-state index in [2.05, 4.69) is 26.1 Å². The second-order valence-electron chi connectivity index (χ2n) is 5.09. The number of nitro benzene ring substituents is 1. The fraction of sp³-hybridized carbons (Fsp3) is 0.600. The number of nitrogens with zero attached hydrogens (tertiary/aromatic N) is 1. The van der Waals surface area contributed by atoms with Crippen molar-refractivity contribution in [2.75, 3.05) is 6.54 Å². The van der Waals surface area contributed by atoms with Crippen LogP contribution in [0.4, 0.5) is 5.69 Å². The van der Waals surface area contributed by atoms with Gasteiger partial charge in [0.2, 0.25) is 0 Å². The molecular weight excluding hydrogens is 240 g/mol. The molecule has 1 N–H and O–H groups in total. The third-order valence-electron chi connectivity index (χ3n) is 3.53. The van der Waals surface area contributed by atoms with E-state index in [1.807, 2.05) is 12.1 Å². The lowest BCUT2D eigenvalue weighted by atomic mass is 9.94. The molecule has 0 aliphatic carbocycles. The molecule has 0 aliphatic rings. The summed E-state index contributed by atoms with van der Waals surface area (Å²) < 4.78 is 0. The van der Waals surface area contributed by atoms with Crippen molar-refractivity contribution in [3.8, 4) is 0 Å². The van der Waals surface area contributed by atoms with E-state index in [1.165, 1.54) is 0 Å². The SMILES string of the molecule is CCNC(Cc1ccccc1[N+](=O)[O-])CC(C)CC. The molecule has 0 aliphatic heterocycles. The highest BCUT2D eigenvalue weighted by Gasteiger charge is 2.18. The van der Waals surface area contributed by atoms with Gasteiger partial charge in [-0.25, -0.2) is 0 Å². The Hall–Kier alpha value is -1.42. The largest absolute Gasteiger partial charge is 0.314 e. The predicted octanol–water partition coefficient (Wildman–Crippen LogP) is 3.55. The van der Waals surface area contributed by atoms with Crippen LogP contribution in [0.5, 0.6) is 0 Å². The van der Waals surface area contributed by atoms with Gasteiger partial charge in [0, 0.05) is 17.7 Å². The van der Waals surface area contributed by atoms with Gasteiger partial charge >= 0.3 is 0 Å². The van der Waals surface area contributed by atoms with E-state index < -0.39 is 0 Å². The summed E-state index contributed by atoms with van der Waals surface area (Å²) in [6.45, 7) is 7.37. The molecule has 0 radical (unpaired) electrons. The van der Waals surface area contributed by atoms with Crippen LogP contribution in [0.3, 0.4) is 0 Å². The molecule has 0 aromatic heterocycles. The van der Waals surface area contributed by atoms with E-state index in [9.17, 15) is 10.1 Å². The maximum Gasteiger partial charge on any atom is 0.272 e. The molecule has 2 unspecified atom stereocenters. The van der Waals surface area contributed by atoms with Gasteiger partial charge in [-0.2, -0.15) is 0 Å². The number of likely N-dealkylation sites (N-methyl/N-ethyl adjacent to an activating group) is 1. The molecule has 19 heavy (non-hydrogen) atoms. The van der Waals surface area contributed by atoms with Gasteiger partial charge in [0.15, 0.2) is 0 Å². The quantitative estimate of drug-likeness (QED) is 0.577. The molecule has 0 fully saturated rings. The van der Waals surface area contributed by atoms with Crippen LogP contribution in [0.1, 0.15) is 39.2 Å². The number of hydrogen-bond acceptors (Lipinski definition) is 3. The Morgan fingerprint density at radius 2 is 2.00 bits per heavy atom. The molecule has 106 valence electrons. The van der Waals surface area contributed by atoms with Crippen LogP contribution in [0.2, 0.25) is 0 Å². The highest BCUT2D eigenvalue weighted by atomic mass is 16.6. The summed E-state index contributed by atoms with van der Waals surface area (Å²) in [5, 5.41) is 14.5. The average Bonchev–Trinajstić information content (AvgIpc) is 2.39. The zero-order valence-corrected chi connectivity index (χ0v) is 12.1. The third kappa shape index (κ3) is 4.99. The summed E-state index contributed by atoms with van der Waals surface area (Å²) in [7, 11) is 0. The minimum Gasteiger partial charge on any atom is -0.314 e. The van der Waals surface area contributed by atoms with Gasteiger partial charge in [0.05, 0.1) is 4.92 Å². The van der Waals surface area contributed by atoms with E-state index in [1.54, 1.807) is 12.1 Å². The van der Waals surface area contributed by atoms with Crippen LogP contribution in [0.25, 0.3) is 0 Å². The van der Waals surface area contributed by atoms with Gasteiger partial charge in [-0.3, -0.25) is 10.1 Å². The first-order valence-electron chi connectivity index (χ1n) is 7.04. The molecule has 0 saturated carbocycles. The van der Waals surface area contributed by atoms with Crippen molar-refractivity contribution in [2.45, 2.75) is 46.1 Å². The normalized spacial score (nSPS) is 14.1. The summed E-state index contributed by atoms with van der Waals surface area (Å²) in [6.07, 6.45) is 2.91. The van der Waals surface area contributed by atoms with Crippen molar-refractivity contribution in [2.24, 2.45) is 5.92 Å². The zero-order valence-electron chi connectivity index (χ0n) is 12.1. The first-order valence-corrected chi connectivity index (χ1v) is 7.04. The molecule has 0 saturated heterocycles. The predicted molar refractivity (Wildman–Crippen MR) is 78.3 cm³/mol. The first-order chi connectivity index (χ1) is 9.08. The Morgan fingerprint density at radius 3 is 2.58 bits per heavy atom. The van der Waals surface area contributed by atoms with Crippen LogP contribution < -0.4 is 5.32 Å². The van der Waals surface area contributed by atoms with E-state index in [0.717, 1.165) is 31.4 Å². The molecule has 0 heterocycles. The number of benzene rings is 1. The van der Waals surface area contributed by atoms with Crippen LogP contribution in [-0.2, 0) is 6.42 Å². The van der Waals surface area contributed by atoms with Crippen molar-refractivity contribution in [1.82, 2.24) is 5.32 Å². The molecule has 4 nitrogen and oxygen atoms in total. The molecule has 0 amide bonds. The first kappa shape index (κ1) is 15.6. The number of nitro groups is 1. The summed E-state index contributed by atoms with van der Waals surface area (Å²) in [5.41, 5.74) is 1.05.